The van der Waals surface area contributed by atoms with Crippen LogP contribution in [-0.2, 0) is 4.79 Å². The Kier molecular flexibility index (Phi) is 3.77. The molecule has 0 aliphatic carbocycles. The zero-order valence-corrected chi connectivity index (χ0v) is 12.2. The number of amides is 1. The minimum Gasteiger partial charge on any atom is -0.383 e. The average Bonchev–Trinajstić information content (AvgIpc) is 2.80. The highest BCUT2D eigenvalue weighted by atomic mass is 16.3. The van der Waals surface area contributed by atoms with Gasteiger partial charge < -0.3 is 10.0 Å². The number of aliphatic hydroxyl groups excluding tert-OH is 1. The first kappa shape index (κ1) is 14.5. The van der Waals surface area contributed by atoms with E-state index in [-0.39, 0.29) is 5.78 Å². The lowest BCUT2D eigenvalue weighted by Crippen LogP contribution is -2.38. The summed E-state index contributed by atoms with van der Waals surface area (Å²) in [6, 6.07) is 17.4. The van der Waals surface area contributed by atoms with Gasteiger partial charge >= 0.3 is 0 Å². The third kappa shape index (κ3) is 2.31. The summed E-state index contributed by atoms with van der Waals surface area (Å²) >= 11 is 0. The van der Waals surface area contributed by atoms with Gasteiger partial charge in [-0.25, -0.2) is 0 Å². The normalized spacial score (nSPS) is 24.5. The Morgan fingerprint density at radius 3 is 2.14 bits per heavy atom. The zero-order valence-electron chi connectivity index (χ0n) is 12.2. The van der Waals surface area contributed by atoms with Crippen molar-refractivity contribution >= 4 is 11.7 Å². The van der Waals surface area contributed by atoms with E-state index in [1.54, 1.807) is 31.3 Å². The van der Waals surface area contributed by atoms with Crippen LogP contribution in [0.4, 0.5) is 0 Å². The Balaban J connectivity index is 2.03. The summed E-state index contributed by atoms with van der Waals surface area (Å²) in [5, 5.41) is 10.3. The molecule has 22 heavy (non-hydrogen) atoms. The van der Waals surface area contributed by atoms with Crippen LogP contribution >= 0.6 is 0 Å². The Bertz CT molecular complexity index is 684. The number of ketones is 1. The Labute approximate surface area is 129 Å². The molecule has 0 aromatic heterocycles. The third-order valence-electron chi connectivity index (χ3n) is 4.21. The second-order valence-electron chi connectivity index (χ2n) is 5.51. The number of nitrogens with zero attached hydrogens (tertiary/aromatic N) is 1. The Morgan fingerprint density at radius 2 is 1.55 bits per heavy atom. The molecule has 1 saturated heterocycles. The van der Waals surface area contributed by atoms with Crippen molar-refractivity contribution in [2.75, 3.05) is 7.05 Å². The van der Waals surface area contributed by atoms with Crippen molar-refractivity contribution in [2.24, 2.45) is 0 Å². The molecule has 1 aliphatic heterocycles. The molecule has 1 aliphatic rings. The van der Waals surface area contributed by atoms with Crippen LogP contribution in [0.1, 0.15) is 21.8 Å². The molecule has 3 atom stereocenters. The predicted molar refractivity (Wildman–Crippen MR) is 82.5 cm³/mol. The van der Waals surface area contributed by atoms with E-state index in [2.05, 4.69) is 0 Å². The van der Waals surface area contributed by atoms with Crippen LogP contribution in [0.3, 0.4) is 0 Å². The standard InChI is InChI=1S/C18H17NO3/c1-19-15(16(20)13-10-6-3-7-11-13)14(17(21)18(19)22)12-8-4-2-5-9-12/h2-11,14-15,17,21H,1H3/t14-,15-,17-/m0/s1. The fourth-order valence-electron chi connectivity index (χ4n) is 3.06. The first-order chi connectivity index (χ1) is 10.6. The molecule has 0 radical (unpaired) electrons. The van der Waals surface area contributed by atoms with Crippen molar-refractivity contribution in [3.63, 3.8) is 0 Å². The van der Waals surface area contributed by atoms with Crippen LogP contribution in [0.15, 0.2) is 60.7 Å². The highest BCUT2D eigenvalue weighted by Crippen LogP contribution is 2.35. The SMILES string of the molecule is CN1C(=O)[C@@H](O)[C@@H](c2ccccc2)[C@H]1C(=O)c1ccccc1. The molecule has 0 unspecified atom stereocenters. The first-order valence-corrected chi connectivity index (χ1v) is 7.20. The van der Waals surface area contributed by atoms with E-state index in [0.29, 0.717) is 5.56 Å². The topological polar surface area (TPSA) is 57.6 Å². The molecule has 1 N–H and O–H groups in total. The van der Waals surface area contributed by atoms with Crippen LogP contribution in [0.5, 0.6) is 0 Å². The summed E-state index contributed by atoms with van der Waals surface area (Å²) in [7, 11) is 1.57. The largest absolute Gasteiger partial charge is 0.383 e. The number of benzene rings is 2. The lowest BCUT2D eigenvalue weighted by atomic mass is 9.86. The summed E-state index contributed by atoms with van der Waals surface area (Å²) in [6.07, 6.45) is -1.19. The molecule has 2 aromatic rings. The monoisotopic (exact) mass is 295 g/mol. The number of likely N-dealkylation sites (tertiary alicyclic amines) is 1. The van der Waals surface area contributed by atoms with Gasteiger partial charge in [0.15, 0.2) is 5.78 Å². The third-order valence-corrected chi connectivity index (χ3v) is 4.21. The molecular formula is C18H17NO3. The average molecular weight is 295 g/mol. The molecule has 1 fully saturated rings. The van der Waals surface area contributed by atoms with Crippen molar-refractivity contribution in [3.05, 3.63) is 71.8 Å². The van der Waals surface area contributed by atoms with Crippen molar-refractivity contribution in [1.29, 1.82) is 0 Å². The number of aliphatic hydroxyl groups is 1. The van der Waals surface area contributed by atoms with Gasteiger partial charge in [0.25, 0.3) is 5.91 Å². The molecule has 112 valence electrons. The smallest absolute Gasteiger partial charge is 0.252 e. The fraction of sp³-hybridized carbons (Fsp3) is 0.222. The van der Waals surface area contributed by atoms with Crippen molar-refractivity contribution < 1.29 is 14.7 Å². The zero-order chi connectivity index (χ0) is 15.7. The van der Waals surface area contributed by atoms with Gasteiger partial charge in [0.1, 0.15) is 12.1 Å². The number of carbonyl (C=O) groups is 2. The molecule has 2 aromatic carbocycles. The second-order valence-corrected chi connectivity index (χ2v) is 5.51. The fourth-order valence-corrected chi connectivity index (χ4v) is 3.06. The van der Waals surface area contributed by atoms with Gasteiger partial charge in [-0.3, -0.25) is 9.59 Å². The van der Waals surface area contributed by atoms with E-state index in [4.69, 9.17) is 0 Å². The quantitative estimate of drug-likeness (QED) is 0.879. The van der Waals surface area contributed by atoms with Gasteiger partial charge in [-0.15, -0.1) is 0 Å². The maximum atomic E-state index is 12.8. The minimum absolute atomic E-state index is 0.151. The first-order valence-electron chi connectivity index (χ1n) is 7.20. The maximum absolute atomic E-state index is 12.8. The van der Waals surface area contributed by atoms with Gasteiger partial charge in [0, 0.05) is 18.5 Å². The van der Waals surface area contributed by atoms with E-state index < -0.39 is 24.0 Å². The van der Waals surface area contributed by atoms with E-state index in [9.17, 15) is 14.7 Å². The van der Waals surface area contributed by atoms with Gasteiger partial charge in [-0.1, -0.05) is 60.7 Å². The highest BCUT2D eigenvalue weighted by Gasteiger charge is 2.49. The minimum atomic E-state index is -1.19. The second kappa shape index (κ2) is 5.73. The molecule has 1 heterocycles. The molecular weight excluding hydrogens is 278 g/mol. The summed E-state index contributed by atoms with van der Waals surface area (Å²) in [4.78, 5) is 26.3. The maximum Gasteiger partial charge on any atom is 0.252 e. The molecule has 0 bridgehead atoms. The van der Waals surface area contributed by atoms with Gasteiger partial charge in [-0.05, 0) is 5.56 Å². The number of rotatable bonds is 3. The van der Waals surface area contributed by atoms with Crippen molar-refractivity contribution in [1.82, 2.24) is 4.90 Å². The molecule has 4 nitrogen and oxygen atoms in total. The lowest BCUT2D eigenvalue weighted by Gasteiger charge is -2.24. The summed E-state index contributed by atoms with van der Waals surface area (Å²) in [5.74, 6) is -1.11. The molecule has 0 saturated carbocycles. The Hall–Kier alpha value is -2.46. The van der Waals surface area contributed by atoms with Gasteiger partial charge in [0.05, 0.1) is 0 Å². The molecule has 3 rings (SSSR count). The highest BCUT2D eigenvalue weighted by molar-refractivity contribution is 6.05. The Morgan fingerprint density at radius 1 is 1.00 bits per heavy atom. The van der Waals surface area contributed by atoms with E-state index in [1.165, 1.54) is 4.90 Å². The van der Waals surface area contributed by atoms with Crippen LogP contribution in [0, 0.1) is 0 Å². The summed E-state index contributed by atoms with van der Waals surface area (Å²) < 4.78 is 0. The van der Waals surface area contributed by atoms with Crippen molar-refractivity contribution in [2.45, 2.75) is 18.1 Å². The molecule has 4 heteroatoms. The van der Waals surface area contributed by atoms with Crippen LogP contribution in [0.2, 0.25) is 0 Å². The number of likely N-dealkylation sites (N-methyl/N-ethyl adjacent to an activating group) is 1. The number of Topliss-reactive ketones (excluding diaryl/α,β-unsaturated/α-hetero) is 1. The van der Waals surface area contributed by atoms with E-state index in [1.807, 2.05) is 36.4 Å². The van der Waals surface area contributed by atoms with E-state index in [0.717, 1.165) is 5.56 Å². The lowest BCUT2D eigenvalue weighted by molar-refractivity contribution is -0.134. The number of hydrogen-bond donors (Lipinski definition) is 1. The number of hydrogen-bond acceptors (Lipinski definition) is 3. The van der Waals surface area contributed by atoms with Gasteiger partial charge in [-0.2, -0.15) is 0 Å². The van der Waals surface area contributed by atoms with Crippen LogP contribution in [-0.4, -0.2) is 40.9 Å². The molecule has 0 spiro atoms. The van der Waals surface area contributed by atoms with Crippen LogP contribution in [0.25, 0.3) is 0 Å². The summed E-state index contributed by atoms with van der Waals surface area (Å²) in [5.41, 5.74) is 1.34. The van der Waals surface area contributed by atoms with E-state index >= 15 is 0 Å². The summed E-state index contributed by atoms with van der Waals surface area (Å²) in [6.45, 7) is 0. The number of carbonyl (C=O) groups excluding carboxylic acids is 2. The molecule has 1 amide bonds. The van der Waals surface area contributed by atoms with Crippen molar-refractivity contribution in [3.8, 4) is 0 Å². The van der Waals surface area contributed by atoms with Gasteiger partial charge in [0.2, 0.25) is 0 Å². The van der Waals surface area contributed by atoms with Crippen LogP contribution < -0.4 is 0 Å². The predicted octanol–water partition coefficient (Wildman–Crippen LogP) is 1.85.